The minimum absolute atomic E-state index is 0.0510. The lowest BCUT2D eigenvalue weighted by Gasteiger charge is -2.32. The number of aromatic nitrogens is 1. The van der Waals surface area contributed by atoms with E-state index in [2.05, 4.69) is 40.2 Å². The number of fused-ring (bicyclic) bond motifs is 5. The molecule has 0 fully saturated rings. The highest BCUT2D eigenvalue weighted by Gasteiger charge is 2.36. The Morgan fingerprint density at radius 3 is 2.82 bits per heavy atom. The molecule has 0 bridgehead atoms. The van der Waals surface area contributed by atoms with E-state index >= 15 is 0 Å². The highest BCUT2D eigenvalue weighted by molar-refractivity contribution is 7.15. The van der Waals surface area contributed by atoms with Crippen molar-refractivity contribution in [3.8, 4) is 5.00 Å². The monoisotopic (exact) mass is 498 g/mol. The number of rotatable bonds is 6. The Morgan fingerprint density at radius 2 is 2.03 bits per heavy atom. The maximum Gasteiger partial charge on any atom is 0.318 e. The van der Waals surface area contributed by atoms with Crippen molar-refractivity contribution in [3.63, 3.8) is 0 Å². The average Bonchev–Trinajstić information content (AvgIpc) is 3.41. The Labute approximate surface area is 210 Å². The van der Waals surface area contributed by atoms with Crippen LogP contribution in [-0.2, 0) is 24.2 Å². The Kier molecular flexibility index (Phi) is 6.97. The molecule has 2 aliphatic heterocycles. The summed E-state index contributed by atoms with van der Waals surface area (Å²) in [4.78, 5) is 19.4. The first kappa shape index (κ1) is 23.4. The van der Waals surface area contributed by atoms with Crippen molar-refractivity contribution in [1.82, 2.24) is 19.7 Å². The lowest BCUT2D eigenvalue weighted by molar-refractivity contribution is 0.143. The highest BCUT2D eigenvalue weighted by Crippen LogP contribution is 2.43. The lowest BCUT2D eigenvalue weighted by atomic mass is 10.0. The molecule has 2 aromatic heterocycles. The number of benzene rings is 1. The van der Waals surface area contributed by atoms with E-state index < -0.39 is 0 Å². The van der Waals surface area contributed by atoms with Crippen LogP contribution in [0.3, 0.4) is 0 Å². The molecule has 0 saturated heterocycles. The van der Waals surface area contributed by atoms with Gasteiger partial charge in [-0.2, -0.15) is 0 Å². The number of nitrogens with zero attached hydrogens (tertiary/aromatic N) is 3. The molecular formula is C26H31ClN4O2S. The van der Waals surface area contributed by atoms with Crippen LogP contribution in [0.2, 0.25) is 5.02 Å². The van der Waals surface area contributed by atoms with E-state index in [-0.39, 0.29) is 12.1 Å². The highest BCUT2D eigenvalue weighted by atomic mass is 35.5. The molecular weight excluding hydrogens is 468 g/mol. The van der Waals surface area contributed by atoms with Gasteiger partial charge in [0.2, 0.25) is 0 Å². The predicted octanol–water partition coefficient (Wildman–Crippen LogP) is 5.22. The average molecular weight is 499 g/mol. The zero-order valence-corrected chi connectivity index (χ0v) is 21.3. The molecule has 1 aromatic carbocycles. The second-order valence-electron chi connectivity index (χ2n) is 8.94. The maximum atomic E-state index is 13.7. The number of carbonyl (C=O) groups is 1. The topological polar surface area (TPSA) is 49.7 Å². The first-order chi connectivity index (χ1) is 16.6. The minimum Gasteiger partial charge on any atom is -0.382 e. The third kappa shape index (κ3) is 4.50. The second kappa shape index (κ2) is 10.1. The Hall–Kier alpha value is -2.32. The standard InChI is InChI=1S/C26H31ClN4O2S/c1-3-33-15-5-12-28-26(32)31-16-21-20-11-14-29(2)17-23(20)34-25(21)30-13-4-6-22(30)24(31)18-7-9-19(27)10-8-18/h4,6-10,13,24H,3,5,11-12,14-17H2,1-2H3,(H,28,32). The molecule has 2 aliphatic rings. The van der Waals surface area contributed by atoms with E-state index in [9.17, 15) is 4.79 Å². The molecule has 8 heteroatoms. The van der Waals surface area contributed by atoms with Crippen molar-refractivity contribution >= 4 is 29.0 Å². The summed E-state index contributed by atoms with van der Waals surface area (Å²) in [5.74, 6) is 0. The normalized spacial score (nSPS) is 17.6. The van der Waals surface area contributed by atoms with Gasteiger partial charge in [-0.25, -0.2) is 4.79 Å². The number of ether oxygens (including phenoxy) is 1. The van der Waals surface area contributed by atoms with E-state index in [4.69, 9.17) is 16.3 Å². The second-order valence-corrected chi connectivity index (χ2v) is 10.5. The molecule has 34 heavy (non-hydrogen) atoms. The molecule has 0 radical (unpaired) electrons. The molecule has 180 valence electrons. The summed E-state index contributed by atoms with van der Waals surface area (Å²) >= 11 is 8.07. The van der Waals surface area contributed by atoms with Gasteiger partial charge in [0.1, 0.15) is 5.00 Å². The third-order valence-electron chi connectivity index (χ3n) is 6.65. The van der Waals surface area contributed by atoms with E-state index in [1.807, 2.05) is 47.4 Å². The van der Waals surface area contributed by atoms with Crippen LogP contribution < -0.4 is 5.32 Å². The van der Waals surface area contributed by atoms with Gasteiger partial charge in [-0.15, -0.1) is 11.3 Å². The fourth-order valence-electron chi connectivity index (χ4n) is 4.96. The SMILES string of the molecule is CCOCCCNC(=O)N1Cc2c(sc3c2CCN(C)C3)-n2cccc2C1c1ccc(Cl)cc1. The molecule has 1 N–H and O–H groups in total. The number of hydrogen-bond acceptors (Lipinski definition) is 4. The van der Waals surface area contributed by atoms with Crippen LogP contribution in [0.1, 0.15) is 46.6 Å². The maximum absolute atomic E-state index is 13.7. The van der Waals surface area contributed by atoms with Crippen molar-refractivity contribution in [2.75, 3.05) is 33.4 Å². The Bertz CT molecular complexity index is 1160. The molecule has 6 nitrogen and oxygen atoms in total. The molecule has 1 unspecified atom stereocenters. The number of halogens is 1. The van der Waals surface area contributed by atoms with Gasteiger partial charge >= 0.3 is 6.03 Å². The van der Waals surface area contributed by atoms with Crippen LogP contribution in [0.4, 0.5) is 4.79 Å². The summed E-state index contributed by atoms with van der Waals surface area (Å²) in [7, 11) is 2.17. The number of hydrogen-bond donors (Lipinski definition) is 1. The number of thiophene rings is 1. The summed E-state index contributed by atoms with van der Waals surface area (Å²) < 4.78 is 7.73. The molecule has 0 aliphatic carbocycles. The van der Waals surface area contributed by atoms with Crippen molar-refractivity contribution in [2.45, 2.75) is 38.9 Å². The molecule has 2 amide bonds. The summed E-state index contributed by atoms with van der Waals surface area (Å²) in [5.41, 5.74) is 4.85. The van der Waals surface area contributed by atoms with Gasteiger partial charge in [-0.05, 0) is 62.2 Å². The number of likely N-dealkylation sites (N-methyl/N-ethyl adjacent to an activating group) is 1. The van der Waals surface area contributed by atoms with Gasteiger partial charge in [-0.3, -0.25) is 0 Å². The van der Waals surface area contributed by atoms with E-state index in [0.717, 1.165) is 37.2 Å². The van der Waals surface area contributed by atoms with Crippen LogP contribution in [0, 0.1) is 0 Å². The number of nitrogens with one attached hydrogen (secondary N) is 1. The van der Waals surface area contributed by atoms with Crippen molar-refractivity contribution in [3.05, 3.63) is 74.9 Å². The predicted molar refractivity (Wildman–Crippen MR) is 137 cm³/mol. The summed E-state index contributed by atoms with van der Waals surface area (Å²) in [6.45, 7) is 6.50. The van der Waals surface area contributed by atoms with Gasteiger partial charge in [0.25, 0.3) is 0 Å². The Balaban J connectivity index is 1.55. The smallest absolute Gasteiger partial charge is 0.318 e. The molecule has 0 saturated carbocycles. The molecule has 4 heterocycles. The van der Waals surface area contributed by atoms with Crippen LogP contribution in [0.25, 0.3) is 5.00 Å². The third-order valence-corrected chi connectivity index (χ3v) is 8.16. The zero-order chi connectivity index (χ0) is 23.7. The Morgan fingerprint density at radius 1 is 1.21 bits per heavy atom. The minimum atomic E-state index is -0.208. The largest absolute Gasteiger partial charge is 0.382 e. The van der Waals surface area contributed by atoms with Gasteiger partial charge < -0.3 is 24.4 Å². The van der Waals surface area contributed by atoms with E-state index in [0.29, 0.717) is 31.3 Å². The van der Waals surface area contributed by atoms with Crippen molar-refractivity contribution < 1.29 is 9.53 Å². The molecule has 5 rings (SSSR count). The summed E-state index contributed by atoms with van der Waals surface area (Å²) in [6.07, 6.45) is 3.94. The van der Waals surface area contributed by atoms with E-state index in [1.165, 1.54) is 21.0 Å². The molecule has 1 atom stereocenters. The molecule has 0 spiro atoms. The first-order valence-corrected chi connectivity index (χ1v) is 13.1. The first-order valence-electron chi connectivity index (χ1n) is 11.9. The van der Waals surface area contributed by atoms with Crippen molar-refractivity contribution in [2.24, 2.45) is 0 Å². The lowest BCUT2D eigenvalue weighted by Crippen LogP contribution is -2.42. The molecule has 3 aromatic rings. The van der Waals surface area contributed by atoms with Gasteiger partial charge in [0.15, 0.2) is 0 Å². The number of carbonyl (C=O) groups excluding carboxylic acids is 1. The van der Waals surface area contributed by atoms with E-state index in [1.54, 1.807) is 0 Å². The summed E-state index contributed by atoms with van der Waals surface area (Å²) in [5, 5.41) is 5.08. The van der Waals surface area contributed by atoms with Crippen molar-refractivity contribution in [1.29, 1.82) is 0 Å². The quantitative estimate of drug-likeness (QED) is 0.474. The van der Waals surface area contributed by atoms with Gasteiger partial charge in [0.05, 0.1) is 18.3 Å². The zero-order valence-electron chi connectivity index (χ0n) is 19.7. The van der Waals surface area contributed by atoms with Crippen LogP contribution >= 0.6 is 22.9 Å². The van der Waals surface area contributed by atoms with Gasteiger partial charge in [-0.1, -0.05) is 23.7 Å². The fraction of sp³-hybridized carbons (Fsp3) is 0.423. The van der Waals surface area contributed by atoms with Crippen LogP contribution in [0.15, 0.2) is 42.6 Å². The summed E-state index contributed by atoms with van der Waals surface area (Å²) in [6, 6.07) is 11.8. The number of urea groups is 1. The fourth-order valence-corrected chi connectivity index (χ4v) is 6.53. The van der Waals surface area contributed by atoms with Gasteiger partial charge in [0, 0.05) is 54.5 Å². The number of amides is 2. The van der Waals surface area contributed by atoms with Crippen LogP contribution in [-0.4, -0.2) is 53.7 Å². The van der Waals surface area contributed by atoms with Crippen LogP contribution in [0.5, 0.6) is 0 Å².